The lowest BCUT2D eigenvalue weighted by atomic mass is 10.3. The Balaban J connectivity index is 1.78. The molecule has 1 aromatic heterocycles. The highest BCUT2D eigenvalue weighted by Crippen LogP contribution is 2.33. The predicted molar refractivity (Wildman–Crippen MR) is 102 cm³/mol. The topological polar surface area (TPSA) is 51.1 Å². The summed E-state index contributed by atoms with van der Waals surface area (Å²) in [6, 6.07) is 3.91. The van der Waals surface area contributed by atoms with E-state index in [0.29, 0.717) is 35.2 Å². The van der Waals surface area contributed by atoms with Crippen LogP contribution >= 0.6 is 35.3 Å². The number of carbonyl (C=O) groups is 2. The summed E-state index contributed by atoms with van der Waals surface area (Å²) in [5, 5.41) is 1.97. The van der Waals surface area contributed by atoms with Crippen LogP contribution in [0, 0.1) is 0 Å². The average Bonchev–Trinajstić information content (AvgIpc) is 3.11. The number of hydrogen-bond acceptors (Lipinski definition) is 6. The van der Waals surface area contributed by atoms with E-state index in [1.54, 1.807) is 16.2 Å². The Bertz CT molecular complexity index is 627. The number of rotatable bonds is 8. The van der Waals surface area contributed by atoms with Crippen LogP contribution in [0.15, 0.2) is 22.4 Å². The molecule has 1 N–H and O–H groups in total. The minimum atomic E-state index is -0.226. The molecule has 0 spiro atoms. The second-order valence-electron chi connectivity index (χ2n) is 5.63. The second kappa shape index (κ2) is 9.31. The summed E-state index contributed by atoms with van der Waals surface area (Å²) in [5.74, 6) is -0.307. The van der Waals surface area contributed by atoms with E-state index in [1.807, 2.05) is 37.7 Å². The van der Waals surface area contributed by atoms with Crippen LogP contribution in [0.2, 0.25) is 0 Å². The summed E-state index contributed by atoms with van der Waals surface area (Å²) in [6.45, 7) is 1.65. The van der Waals surface area contributed by atoms with E-state index in [4.69, 9.17) is 17.0 Å². The van der Waals surface area contributed by atoms with Gasteiger partial charge in [-0.2, -0.15) is 0 Å². The fraction of sp³-hybridized carbons (Fsp3) is 0.438. The van der Waals surface area contributed by atoms with Crippen LogP contribution in [0.5, 0.6) is 0 Å². The number of carbonyl (C=O) groups excluding carboxylic acids is 2. The second-order valence-corrected chi connectivity index (χ2v) is 8.28. The molecule has 8 heteroatoms. The van der Waals surface area contributed by atoms with Crippen LogP contribution in [-0.4, -0.2) is 54.9 Å². The molecule has 0 unspecified atom stereocenters. The van der Waals surface area contributed by atoms with Gasteiger partial charge in [0.15, 0.2) is 0 Å². The molecule has 1 aliphatic heterocycles. The van der Waals surface area contributed by atoms with Gasteiger partial charge in [0.05, 0.1) is 19.0 Å². The normalized spacial score (nSPS) is 16.5. The van der Waals surface area contributed by atoms with Gasteiger partial charge in [-0.3, -0.25) is 14.5 Å². The van der Waals surface area contributed by atoms with Crippen molar-refractivity contribution in [1.29, 1.82) is 0 Å². The van der Waals surface area contributed by atoms with Crippen LogP contribution < -0.4 is 4.90 Å². The van der Waals surface area contributed by atoms with Crippen molar-refractivity contribution >= 4 is 57.6 Å². The first-order valence-corrected chi connectivity index (χ1v) is 9.81. The van der Waals surface area contributed by atoms with E-state index in [2.05, 4.69) is 0 Å². The largest absolute Gasteiger partial charge is 0.460 e. The number of hydrogen-bond donors (Lipinski definition) is 1. The number of likely N-dealkylation sites (N-methyl/N-ethyl adjacent to an activating group) is 1. The third-order valence-electron chi connectivity index (χ3n) is 3.32. The van der Waals surface area contributed by atoms with E-state index in [9.17, 15) is 9.59 Å². The van der Waals surface area contributed by atoms with Crippen molar-refractivity contribution < 1.29 is 19.2 Å². The molecule has 0 radical (unpaired) electrons. The van der Waals surface area contributed by atoms with Gasteiger partial charge in [0, 0.05) is 17.8 Å². The lowest BCUT2D eigenvalue weighted by molar-refractivity contribution is -0.858. The lowest BCUT2D eigenvalue weighted by Gasteiger charge is -2.14. The fourth-order valence-electron chi connectivity index (χ4n) is 2.02. The molecular weight excluding hydrogens is 364 g/mol. The molecule has 2 rings (SSSR count). The van der Waals surface area contributed by atoms with Gasteiger partial charge < -0.3 is 9.64 Å². The van der Waals surface area contributed by atoms with E-state index in [0.717, 1.165) is 11.4 Å². The van der Waals surface area contributed by atoms with Crippen molar-refractivity contribution in [2.24, 2.45) is 0 Å². The van der Waals surface area contributed by atoms with Gasteiger partial charge in [0.1, 0.15) is 17.5 Å². The van der Waals surface area contributed by atoms with Crippen LogP contribution in [0.4, 0.5) is 0 Å². The Morgan fingerprint density at radius 3 is 2.92 bits per heavy atom. The Hall–Kier alpha value is -1.22. The molecule has 5 nitrogen and oxygen atoms in total. The summed E-state index contributed by atoms with van der Waals surface area (Å²) in [7, 11) is 4.01. The first-order chi connectivity index (χ1) is 11.5. The molecule has 0 aliphatic carbocycles. The van der Waals surface area contributed by atoms with Crippen LogP contribution in [0.25, 0.3) is 6.08 Å². The average molecular weight is 386 g/mol. The smallest absolute Gasteiger partial charge is 0.306 e. The number of nitrogens with zero attached hydrogens (tertiary/aromatic N) is 1. The van der Waals surface area contributed by atoms with E-state index < -0.39 is 0 Å². The molecule has 0 saturated carbocycles. The molecule has 2 heterocycles. The zero-order chi connectivity index (χ0) is 17.5. The predicted octanol–water partition coefficient (Wildman–Crippen LogP) is 1.42. The number of thiophene rings is 1. The van der Waals surface area contributed by atoms with Crippen LogP contribution in [-0.2, 0) is 14.3 Å². The van der Waals surface area contributed by atoms with Gasteiger partial charge in [0.25, 0.3) is 5.91 Å². The maximum atomic E-state index is 12.4. The standard InChI is InChI=1S/C16H20N2O3S3/c1-17(2)8-9-21-14(19)6-3-7-18-15(20)13(24-16(18)22)11-12-5-4-10-23-12/h4-5,10-11H,3,6-9H2,1-2H3/p+1/b13-11-. The molecule has 1 aromatic rings. The summed E-state index contributed by atoms with van der Waals surface area (Å²) in [6.07, 6.45) is 2.71. The van der Waals surface area contributed by atoms with Crippen molar-refractivity contribution in [2.75, 3.05) is 33.8 Å². The first-order valence-electron chi connectivity index (χ1n) is 7.71. The molecule has 1 amide bonds. The van der Waals surface area contributed by atoms with Gasteiger partial charge in [-0.05, 0) is 23.9 Å². The number of esters is 1. The monoisotopic (exact) mass is 385 g/mol. The molecule has 0 aromatic carbocycles. The van der Waals surface area contributed by atoms with Crippen molar-refractivity contribution in [1.82, 2.24) is 4.90 Å². The van der Waals surface area contributed by atoms with Crippen molar-refractivity contribution in [2.45, 2.75) is 12.8 Å². The SMILES string of the molecule is C[NH+](C)CCOC(=O)CCCN1C(=O)/C(=C/c2cccs2)SC1=S. The van der Waals surface area contributed by atoms with Crippen molar-refractivity contribution in [3.63, 3.8) is 0 Å². The Morgan fingerprint density at radius 1 is 1.46 bits per heavy atom. The maximum absolute atomic E-state index is 12.4. The maximum Gasteiger partial charge on any atom is 0.306 e. The van der Waals surface area contributed by atoms with Crippen LogP contribution in [0.1, 0.15) is 17.7 Å². The molecule has 1 aliphatic rings. The van der Waals surface area contributed by atoms with Crippen molar-refractivity contribution in [3.8, 4) is 0 Å². The number of nitrogens with one attached hydrogen (secondary N) is 1. The Labute approximate surface area is 155 Å². The number of amides is 1. The van der Waals surface area contributed by atoms with E-state index in [1.165, 1.54) is 16.7 Å². The number of ether oxygens (including phenoxy) is 1. The summed E-state index contributed by atoms with van der Waals surface area (Å²) in [4.78, 5) is 28.5. The zero-order valence-electron chi connectivity index (χ0n) is 13.7. The highest BCUT2D eigenvalue weighted by molar-refractivity contribution is 8.26. The number of thioether (sulfide) groups is 1. The molecule has 0 bridgehead atoms. The number of thiocarbonyl (C=S) groups is 1. The zero-order valence-corrected chi connectivity index (χ0v) is 16.2. The molecule has 1 fully saturated rings. The van der Waals surface area contributed by atoms with Gasteiger partial charge in [-0.25, -0.2) is 0 Å². The molecular formula is C16H21N2O3S3+. The third kappa shape index (κ3) is 5.70. The summed E-state index contributed by atoms with van der Waals surface area (Å²) >= 11 is 8.17. The fourth-order valence-corrected chi connectivity index (χ4v) is 4.05. The first kappa shape index (κ1) is 19.1. The summed E-state index contributed by atoms with van der Waals surface area (Å²) < 4.78 is 5.70. The highest BCUT2D eigenvalue weighted by atomic mass is 32.2. The Kier molecular flexibility index (Phi) is 7.41. The lowest BCUT2D eigenvalue weighted by Crippen LogP contribution is -3.06. The minimum absolute atomic E-state index is 0.0806. The van der Waals surface area contributed by atoms with Gasteiger partial charge in [-0.15, -0.1) is 11.3 Å². The molecule has 24 heavy (non-hydrogen) atoms. The van der Waals surface area contributed by atoms with Gasteiger partial charge >= 0.3 is 5.97 Å². The molecule has 130 valence electrons. The molecule has 1 saturated heterocycles. The van der Waals surface area contributed by atoms with Gasteiger partial charge in [0.2, 0.25) is 0 Å². The molecule has 0 atom stereocenters. The summed E-state index contributed by atoms with van der Waals surface area (Å²) in [5.41, 5.74) is 0. The number of quaternary nitrogens is 1. The van der Waals surface area contributed by atoms with E-state index >= 15 is 0 Å². The van der Waals surface area contributed by atoms with E-state index in [-0.39, 0.29) is 11.9 Å². The Morgan fingerprint density at radius 2 is 2.25 bits per heavy atom. The van der Waals surface area contributed by atoms with Crippen molar-refractivity contribution in [3.05, 3.63) is 27.3 Å². The quantitative estimate of drug-likeness (QED) is 0.417. The minimum Gasteiger partial charge on any atom is -0.460 e. The highest BCUT2D eigenvalue weighted by Gasteiger charge is 2.31. The third-order valence-corrected chi connectivity index (χ3v) is 5.51. The van der Waals surface area contributed by atoms with Crippen LogP contribution in [0.3, 0.4) is 0 Å². The van der Waals surface area contributed by atoms with Gasteiger partial charge in [-0.1, -0.05) is 30.0 Å².